The molecule has 1 N–H and O–H groups in total. The highest BCUT2D eigenvalue weighted by molar-refractivity contribution is 5.95. The first-order valence-electron chi connectivity index (χ1n) is 4.87. The second-order valence-electron chi connectivity index (χ2n) is 2.13. The second kappa shape index (κ2) is 11.0. The van der Waals surface area contributed by atoms with E-state index in [1.807, 2.05) is 33.8 Å². The summed E-state index contributed by atoms with van der Waals surface area (Å²) in [6.07, 6.45) is 4.30. The lowest BCUT2D eigenvalue weighted by Gasteiger charge is -2.00. The predicted octanol–water partition coefficient (Wildman–Crippen LogP) is 2.67. The summed E-state index contributed by atoms with van der Waals surface area (Å²) in [6, 6.07) is 0. The van der Waals surface area contributed by atoms with E-state index >= 15 is 0 Å². The minimum atomic E-state index is -0.0376. The lowest BCUT2D eigenvalue weighted by Crippen LogP contribution is -2.23. The van der Waals surface area contributed by atoms with E-state index in [1.165, 1.54) is 0 Å². The molecule has 0 heterocycles. The van der Waals surface area contributed by atoms with Crippen molar-refractivity contribution in [2.24, 2.45) is 0 Å². The second-order valence-corrected chi connectivity index (χ2v) is 2.13. The Morgan fingerprint density at radius 3 is 2.23 bits per heavy atom. The number of amides is 1. The normalized spacial score (nSPS) is 9.69. The summed E-state index contributed by atoms with van der Waals surface area (Å²) in [4.78, 5) is 11.1. The molecule has 2 nitrogen and oxygen atoms in total. The SMILES string of the molecule is C=C/C(=C\CC)C(=O)NCC.CC. The zero-order chi connectivity index (χ0) is 10.7. The third-order valence-corrected chi connectivity index (χ3v) is 1.24. The van der Waals surface area contributed by atoms with Gasteiger partial charge in [-0.1, -0.05) is 39.5 Å². The molecule has 0 aromatic heterocycles. The van der Waals surface area contributed by atoms with Crippen LogP contribution < -0.4 is 5.32 Å². The highest BCUT2D eigenvalue weighted by Crippen LogP contribution is 1.97. The largest absolute Gasteiger partial charge is 0.352 e. The smallest absolute Gasteiger partial charge is 0.250 e. The van der Waals surface area contributed by atoms with Crippen LogP contribution in [0.25, 0.3) is 0 Å². The molecular formula is C11H21NO. The van der Waals surface area contributed by atoms with Crippen LogP contribution in [-0.4, -0.2) is 12.5 Å². The Labute approximate surface area is 81.7 Å². The first kappa shape index (κ1) is 14.5. The molecule has 0 fully saturated rings. The summed E-state index contributed by atoms with van der Waals surface area (Å²) in [5, 5.41) is 2.70. The van der Waals surface area contributed by atoms with E-state index < -0.39 is 0 Å². The van der Waals surface area contributed by atoms with Gasteiger partial charge in [0.25, 0.3) is 5.91 Å². The average molecular weight is 183 g/mol. The molecule has 0 unspecified atom stereocenters. The van der Waals surface area contributed by atoms with Crippen molar-refractivity contribution in [1.82, 2.24) is 5.32 Å². The Hall–Kier alpha value is -1.05. The predicted molar refractivity (Wildman–Crippen MR) is 58.6 cm³/mol. The first-order chi connectivity index (χ1) is 6.26. The maximum absolute atomic E-state index is 11.1. The lowest BCUT2D eigenvalue weighted by molar-refractivity contribution is -0.117. The highest BCUT2D eigenvalue weighted by atomic mass is 16.1. The van der Waals surface area contributed by atoms with Crippen LogP contribution in [0.4, 0.5) is 0 Å². The van der Waals surface area contributed by atoms with Gasteiger partial charge in [0.05, 0.1) is 0 Å². The van der Waals surface area contributed by atoms with Gasteiger partial charge in [0.15, 0.2) is 0 Å². The van der Waals surface area contributed by atoms with E-state index in [0.29, 0.717) is 12.1 Å². The van der Waals surface area contributed by atoms with Crippen LogP contribution in [0.5, 0.6) is 0 Å². The molecule has 0 radical (unpaired) electrons. The summed E-state index contributed by atoms with van der Waals surface area (Å²) in [7, 11) is 0. The van der Waals surface area contributed by atoms with Crippen LogP contribution in [0.1, 0.15) is 34.1 Å². The number of carbonyl (C=O) groups excluding carboxylic acids is 1. The van der Waals surface area contributed by atoms with Crippen LogP contribution >= 0.6 is 0 Å². The Bertz CT molecular complexity index is 171. The quantitative estimate of drug-likeness (QED) is 0.527. The molecule has 2 heteroatoms. The number of likely N-dealkylation sites (N-methyl/N-ethyl adjacent to an activating group) is 1. The van der Waals surface area contributed by atoms with Crippen molar-refractivity contribution in [2.75, 3.05) is 6.54 Å². The number of hydrogen-bond donors (Lipinski definition) is 1. The van der Waals surface area contributed by atoms with Gasteiger partial charge in [-0.05, 0) is 13.3 Å². The minimum Gasteiger partial charge on any atom is -0.352 e. The number of nitrogens with one attached hydrogen (secondary N) is 1. The topological polar surface area (TPSA) is 29.1 Å². The van der Waals surface area contributed by atoms with Gasteiger partial charge in [-0.15, -0.1) is 0 Å². The summed E-state index contributed by atoms with van der Waals surface area (Å²) in [5.41, 5.74) is 0.661. The molecule has 0 aromatic carbocycles. The van der Waals surface area contributed by atoms with Crippen LogP contribution in [0, 0.1) is 0 Å². The lowest BCUT2D eigenvalue weighted by atomic mass is 10.2. The summed E-state index contributed by atoms with van der Waals surface area (Å²) >= 11 is 0. The molecule has 1 amide bonds. The summed E-state index contributed by atoms with van der Waals surface area (Å²) in [6.45, 7) is 12.1. The fraction of sp³-hybridized carbons (Fsp3) is 0.545. The number of rotatable bonds is 4. The third kappa shape index (κ3) is 7.32. The first-order valence-corrected chi connectivity index (χ1v) is 4.87. The number of hydrogen-bond acceptors (Lipinski definition) is 1. The third-order valence-electron chi connectivity index (χ3n) is 1.24. The fourth-order valence-electron chi connectivity index (χ4n) is 0.751. The molecule has 0 bridgehead atoms. The molecule has 0 atom stereocenters. The Balaban J connectivity index is 0. The van der Waals surface area contributed by atoms with Crippen LogP contribution in [0.3, 0.4) is 0 Å². The molecule has 0 saturated carbocycles. The molecule has 13 heavy (non-hydrogen) atoms. The van der Waals surface area contributed by atoms with Gasteiger partial charge in [-0.25, -0.2) is 0 Å². The molecule has 0 aliphatic rings. The molecule has 0 saturated heterocycles. The van der Waals surface area contributed by atoms with E-state index in [2.05, 4.69) is 11.9 Å². The van der Waals surface area contributed by atoms with Gasteiger partial charge in [-0.2, -0.15) is 0 Å². The van der Waals surface area contributed by atoms with Crippen molar-refractivity contribution in [3.8, 4) is 0 Å². The van der Waals surface area contributed by atoms with Crippen LogP contribution in [0.2, 0.25) is 0 Å². The van der Waals surface area contributed by atoms with Crippen LogP contribution in [-0.2, 0) is 4.79 Å². The average Bonchev–Trinajstić information content (AvgIpc) is 2.17. The van der Waals surface area contributed by atoms with Gasteiger partial charge in [-0.3, -0.25) is 4.79 Å². The van der Waals surface area contributed by atoms with Gasteiger partial charge in [0.1, 0.15) is 0 Å². The standard InChI is InChI=1S/C9H15NO.C2H6/c1-4-7-8(5-2)9(11)10-6-3;1-2/h5,7H,2,4,6H2,1,3H3,(H,10,11);1-2H3/b8-7+;. The molecule has 0 spiro atoms. The van der Waals surface area contributed by atoms with Crippen molar-refractivity contribution in [3.63, 3.8) is 0 Å². The Morgan fingerprint density at radius 1 is 1.38 bits per heavy atom. The maximum atomic E-state index is 11.1. The summed E-state index contributed by atoms with van der Waals surface area (Å²) < 4.78 is 0. The highest BCUT2D eigenvalue weighted by Gasteiger charge is 2.01. The van der Waals surface area contributed by atoms with Gasteiger partial charge in [0.2, 0.25) is 0 Å². The number of carbonyl (C=O) groups is 1. The van der Waals surface area contributed by atoms with Crippen molar-refractivity contribution < 1.29 is 4.79 Å². The summed E-state index contributed by atoms with van der Waals surface area (Å²) in [5.74, 6) is -0.0376. The molecule has 0 aliphatic carbocycles. The fourth-order valence-corrected chi connectivity index (χ4v) is 0.751. The zero-order valence-corrected chi connectivity index (χ0v) is 9.18. The molecular weight excluding hydrogens is 162 g/mol. The van der Waals surface area contributed by atoms with Crippen molar-refractivity contribution >= 4 is 5.91 Å². The Kier molecular flexibility index (Phi) is 12.2. The van der Waals surface area contributed by atoms with E-state index in [1.54, 1.807) is 6.08 Å². The van der Waals surface area contributed by atoms with Crippen LogP contribution in [0.15, 0.2) is 24.3 Å². The van der Waals surface area contributed by atoms with Crippen molar-refractivity contribution in [3.05, 3.63) is 24.3 Å². The number of allylic oxidation sites excluding steroid dienone is 1. The van der Waals surface area contributed by atoms with Gasteiger partial charge in [0, 0.05) is 12.1 Å². The van der Waals surface area contributed by atoms with Gasteiger partial charge >= 0.3 is 0 Å². The molecule has 76 valence electrons. The van der Waals surface area contributed by atoms with Crippen molar-refractivity contribution in [1.29, 1.82) is 0 Å². The molecule has 0 aliphatic heterocycles. The van der Waals surface area contributed by atoms with E-state index in [4.69, 9.17) is 0 Å². The van der Waals surface area contributed by atoms with E-state index in [-0.39, 0.29) is 5.91 Å². The maximum Gasteiger partial charge on any atom is 0.250 e. The Morgan fingerprint density at radius 2 is 1.92 bits per heavy atom. The molecule has 0 rings (SSSR count). The molecule has 0 aromatic rings. The van der Waals surface area contributed by atoms with Crippen molar-refractivity contribution in [2.45, 2.75) is 34.1 Å². The zero-order valence-electron chi connectivity index (χ0n) is 9.18. The monoisotopic (exact) mass is 183 g/mol. The van der Waals surface area contributed by atoms with E-state index in [0.717, 1.165) is 6.42 Å². The minimum absolute atomic E-state index is 0.0376. The van der Waals surface area contributed by atoms with E-state index in [9.17, 15) is 4.79 Å². The van der Waals surface area contributed by atoms with Gasteiger partial charge < -0.3 is 5.32 Å².